The van der Waals surface area contributed by atoms with Crippen LogP contribution in [0.4, 0.5) is 5.69 Å². The lowest BCUT2D eigenvalue weighted by atomic mass is 9.95. The Kier molecular flexibility index (Phi) is 7.34. The fraction of sp³-hybridized carbons (Fsp3) is 0.550. The minimum atomic E-state index is -0.709. The highest BCUT2D eigenvalue weighted by Crippen LogP contribution is 2.27. The molecule has 1 saturated heterocycles. The average Bonchev–Trinajstić information content (AvgIpc) is 2.62. The third kappa shape index (κ3) is 5.61. The van der Waals surface area contributed by atoms with Crippen LogP contribution in [0, 0.1) is 5.41 Å². The van der Waals surface area contributed by atoms with E-state index in [0.717, 1.165) is 12.8 Å². The smallest absolute Gasteiger partial charge is 0.247 e. The van der Waals surface area contributed by atoms with Gasteiger partial charge >= 0.3 is 0 Å². The molecule has 0 aromatic heterocycles. The van der Waals surface area contributed by atoms with Gasteiger partial charge in [0.2, 0.25) is 17.7 Å². The summed E-state index contributed by atoms with van der Waals surface area (Å²) in [6.07, 6.45) is 2.22. The highest BCUT2D eigenvalue weighted by atomic mass is 35.5. The van der Waals surface area contributed by atoms with E-state index in [0.29, 0.717) is 28.7 Å². The van der Waals surface area contributed by atoms with Gasteiger partial charge in [0.25, 0.3) is 0 Å². The number of anilines is 1. The molecule has 8 heteroatoms. The van der Waals surface area contributed by atoms with Crippen molar-refractivity contribution in [2.45, 2.75) is 59.0 Å². The van der Waals surface area contributed by atoms with Gasteiger partial charge in [-0.25, -0.2) is 0 Å². The van der Waals surface area contributed by atoms with Gasteiger partial charge < -0.3 is 15.5 Å². The number of piperidine rings is 1. The zero-order valence-electron chi connectivity index (χ0n) is 16.6. The van der Waals surface area contributed by atoms with Crippen LogP contribution in [-0.2, 0) is 14.4 Å². The first kappa shape index (κ1) is 22.5. The van der Waals surface area contributed by atoms with Crippen molar-refractivity contribution in [2.75, 3.05) is 11.9 Å². The molecule has 0 spiro atoms. The van der Waals surface area contributed by atoms with Crippen LogP contribution in [0.15, 0.2) is 18.2 Å². The van der Waals surface area contributed by atoms with Gasteiger partial charge in [0.15, 0.2) is 0 Å². The lowest BCUT2D eigenvalue weighted by Gasteiger charge is -2.36. The third-order valence-corrected chi connectivity index (χ3v) is 5.22. The van der Waals surface area contributed by atoms with E-state index >= 15 is 0 Å². The summed E-state index contributed by atoms with van der Waals surface area (Å²) in [7, 11) is 0. The number of carbonyl (C=O) groups is 3. The molecule has 2 unspecified atom stereocenters. The van der Waals surface area contributed by atoms with Gasteiger partial charge in [0.1, 0.15) is 12.1 Å². The molecule has 1 aliphatic heterocycles. The largest absolute Gasteiger partial charge is 0.344 e. The number of nitrogens with zero attached hydrogens (tertiary/aromatic N) is 1. The molecule has 3 amide bonds. The molecular weight excluding hydrogens is 401 g/mol. The summed E-state index contributed by atoms with van der Waals surface area (Å²) < 4.78 is 0. The number of rotatable bonds is 4. The molecule has 1 heterocycles. The standard InChI is InChI=1S/C20H27Cl2N3O3/c1-12(23-19(28)20(2,3)4)18(27)25-10-6-5-7-16(25)17(26)24-15-9-8-13(21)11-14(15)22/h8-9,11-12,16H,5-7,10H2,1-4H3,(H,23,28)(H,24,26). The molecule has 0 radical (unpaired) electrons. The topological polar surface area (TPSA) is 78.5 Å². The van der Waals surface area contributed by atoms with E-state index in [1.165, 1.54) is 0 Å². The Bertz CT molecular complexity index is 762. The number of amides is 3. The number of halogens is 2. The van der Waals surface area contributed by atoms with E-state index in [1.54, 1.807) is 50.8 Å². The Hall–Kier alpha value is -1.79. The van der Waals surface area contributed by atoms with Gasteiger partial charge in [-0.1, -0.05) is 44.0 Å². The van der Waals surface area contributed by atoms with Crippen LogP contribution in [0.3, 0.4) is 0 Å². The quantitative estimate of drug-likeness (QED) is 0.765. The molecule has 1 aromatic carbocycles. The second kappa shape index (κ2) is 9.14. The molecular formula is C20H27Cl2N3O3. The lowest BCUT2D eigenvalue weighted by Crippen LogP contribution is -2.56. The van der Waals surface area contributed by atoms with Crippen LogP contribution in [0.25, 0.3) is 0 Å². The van der Waals surface area contributed by atoms with Gasteiger partial charge in [-0.3, -0.25) is 14.4 Å². The number of nitrogens with one attached hydrogen (secondary N) is 2. The Morgan fingerprint density at radius 3 is 2.46 bits per heavy atom. The maximum atomic E-state index is 12.9. The van der Waals surface area contributed by atoms with E-state index in [1.807, 2.05) is 0 Å². The van der Waals surface area contributed by atoms with Gasteiger partial charge in [-0.05, 0) is 44.4 Å². The van der Waals surface area contributed by atoms with Gasteiger partial charge in [-0.15, -0.1) is 0 Å². The Morgan fingerprint density at radius 2 is 1.86 bits per heavy atom. The molecule has 0 saturated carbocycles. The minimum absolute atomic E-state index is 0.209. The maximum absolute atomic E-state index is 12.9. The van der Waals surface area contributed by atoms with Crippen molar-refractivity contribution in [1.29, 1.82) is 0 Å². The molecule has 2 N–H and O–H groups in total. The zero-order valence-corrected chi connectivity index (χ0v) is 18.2. The van der Waals surface area contributed by atoms with Gasteiger partial charge in [0.05, 0.1) is 10.7 Å². The third-order valence-electron chi connectivity index (χ3n) is 4.68. The molecule has 28 heavy (non-hydrogen) atoms. The van der Waals surface area contributed by atoms with Crippen molar-refractivity contribution in [3.63, 3.8) is 0 Å². The zero-order chi connectivity index (χ0) is 21.1. The number of hydrogen-bond acceptors (Lipinski definition) is 3. The molecule has 2 atom stereocenters. The SMILES string of the molecule is CC(NC(=O)C(C)(C)C)C(=O)N1CCCCC1C(=O)Nc1ccc(Cl)cc1Cl. The number of likely N-dealkylation sites (tertiary alicyclic amines) is 1. The average molecular weight is 428 g/mol. The number of hydrogen-bond donors (Lipinski definition) is 2. The van der Waals surface area contributed by atoms with Crippen LogP contribution >= 0.6 is 23.2 Å². The lowest BCUT2D eigenvalue weighted by molar-refractivity contribution is -0.144. The summed E-state index contributed by atoms with van der Waals surface area (Å²) in [4.78, 5) is 39.5. The van der Waals surface area contributed by atoms with E-state index < -0.39 is 17.5 Å². The van der Waals surface area contributed by atoms with Crippen molar-refractivity contribution >= 4 is 46.6 Å². The summed E-state index contributed by atoms with van der Waals surface area (Å²) >= 11 is 12.0. The number of carbonyl (C=O) groups excluding carboxylic acids is 3. The van der Waals surface area contributed by atoms with Crippen molar-refractivity contribution in [2.24, 2.45) is 5.41 Å². The predicted octanol–water partition coefficient (Wildman–Crippen LogP) is 3.86. The summed E-state index contributed by atoms with van der Waals surface area (Å²) in [6, 6.07) is 3.49. The monoisotopic (exact) mass is 427 g/mol. The second-order valence-electron chi connectivity index (χ2n) is 8.10. The molecule has 0 aliphatic carbocycles. The summed E-state index contributed by atoms with van der Waals surface area (Å²) in [5.74, 6) is -0.773. The van der Waals surface area contributed by atoms with Crippen molar-refractivity contribution in [3.05, 3.63) is 28.2 Å². The predicted molar refractivity (Wildman–Crippen MR) is 112 cm³/mol. The Balaban J connectivity index is 2.10. The normalized spacial score (nSPS) is 18.4. The van der Waals surface area contributed by atoms with Gasteiger partial charge in [-0.2, -0.15) is 0 Å². The molecule has 6 nitrogen and oxygen atoms in total. The van der Waals surface area contributed by atoms with Crippen LogP contribution in [-0.4, -0.2) is 41.2 Å². The maximum Gasteiger partial charge on any atom is 0.247 e. The molecule has 1 fully saturated rings. The van der Waals surface area contributed by atoms with Crippen LogP contribution in [0.5, 0.6) is 0 Å². The summed E-state index contributed by atoms with van der Waals surface area (Å²) in [5.41, 5.74) is -0.151. The van der Waals surface area contributed by atoms with Crippen LogP contribution in [0.2, 0.25) is 10.0 Å². The highest BCUT2D eigenvalue weighted by Gasteiger charge is 2.35. The van der Waals surface area contributed by atoms with Gasteiger partial charge in [0, 0.05) is 17.0 Å². The highest BCUT2D eigenvalue weighted by molar-refractivity contribution is 6.36. The van der Waals surface area contributed by atoms with E-state index in [-0.39, 0.29) is 17.7 Å². The van der Waals surface area contributed by atoms with Crippen LogP contribution < -0.4 is 10.6 Å². The molecule has 2 rings (SSSR count). The molecule has 154 valence electrons. The Morgan fingerprint density at radius 1 is 1.18 bits per heavy atom. The van der Waals surface area contributed by atoms with E-state index in [4.69, 9.17) is 23.2 Å². The van der Waals surface area contributed by atoms with Crippen molar-refractivity contribution in [1.82, 2.24) is 10.2 Å². The fourth-order valence-electron chi connectivity index (χ4n) is 3.00. The fourth-order valence-corrected chi connectivity index (χ4v) is 3.45. The van der Waals surface area contributed by atoms with E-state index in [9.17, 15) is 14.4 Å². The summed E-state index contributed by atoms with van der Waals surface area (Å²) in [5, 5.41) is 6.34. The summed E-state index contributed by atoms with van der Waals surface area (Å²) in [6.45, 7) is 7.47. The second-order valence-corrected chi connectivity index (χ2v) is 8.95. The first-order valence-corrected chi connectivity index (χ1v) is 10.1. The Labute approximate surface area is 175 Å². The molecule has 0 bridgehead atoms. The van der Waals surface area contributed by atoms with Crippen molar-refractivity contribution in [3.8, 4) is 0 Å². The van der Waals surface area contributed by atoms with E-state index in [2.05, 4.69) is 10.6 Å². The molecule has 1 aromatic rings. The molecule has 1 aliphatic rings. The minimum Gasteiger partial charge on any atom is -0.344 e. The first-order chi connectivity index (χ1) is 13.0. The van der Waals surface area contributed by atoms with Crippen LogP contribution in [0.1, 0.15) is 47.0 Å². The first-order valence-electron chi connectivity index (χ1n) is 9.38. The number of benzene rings is 1. The van der Waals surface area contributed by atoms with Crippen molar-refractivity contribution < 1.29 is 14.4 Å².